The molecule has 1 saturated heterocycles. The normalized spacial score (nSPS) is 18.9. The third-order valence-electron chi connectivity index (χ3n) is 5.46. The minimum Gasteiger partial charge on any atom is -0.343 e. The van der Waals surface area contributed by atoms with Gasteiger partial charge >= 0.3 is 6.03 Å². The number of aryl methyl sites for hydroxylation is 1. The summed E-state index contributed by atoms with van der Waals surface area (Å²) >= 11 is 1.51. The molecule has 2 aliphatic rings. The van der Waals surface area contributed by atoms with E-state index >= 15 is 0 Å². The van der Waals surface area contributed by atoms with E-state index in [0.717, 1.165) is 50.1 Å². The quantitative estimate of drug-likeness (QED) is 0.841. The minimum absolute atomic E-state index is 0.0235. The van der Waals surface area contributed by atoms with Gasteiger partial charge in [-0.3, -0.25) is 10.1 Å². The Balaban J connectivity index is 1.65. The van der Waals surface area contributed by atoms with Crippen LogP contribution in [0.3, 0.4) is 0 Å². The van der Waals surface area contributed by atoms with Gasteiger partial charge in [-0.05, 0) is 39.0 Å². The van der Waals surface area contributed by atoms with Crippen LogP contribution in [0.15, 0.2) is 6.20 Å². The maximum absolute atomic E-state index is 13.0. The van der Waals surface area contributed by atoms with E-state index in [1.807, 2.05) is 18.7 Å². The van der Waals surface area contributed by atoms with Crippen LogP contribution in [0.4, 0.5) is 9.93 Å². The van der Waals surface area contributed by atoms with Crippen LogP contribution in [-0.4, -0.2) is 51.9 Å². The zero-order valence-corrected chi connectivity index (χ0v) is 16.7. The van der Waals surface area contributed by atoms with Crippen molar-refractivity contribution in [3.8, 4) is 0 Å². The lowest BCUT2D eigenvalue weighted by molar-refractivity contribution is -0.132. The molecule has 144 valence electrons. The SMILES string of the molecule is CCCC(=O)N1CCC(N(C(=O)Nc2ncc(C)s2)C2CCCC2)CC1. The maximum atomic E-state index is 13.0. The Bertz CT molecular complexity index is 619. The zero-order valence-electron chi connectivity index (χ0n) is 15.9. The van der Waals surface area contributed by atoms with Crippen LogP contribution >= 0.6 is 11.3 Å². The van der Waals surface area contributed by atoms with Crippen molar-refractivity contribution in [2.45, 2.75) is 77.3 Å². The third kappa shape index (κ3) is 4.55. The number of hydrogen-bond acceptors (Lipinski definition) is 4. The van der Waals surface area contributed by atoms with Crippen molar-refractivity contribution in [2.24, 2.45) is 0 Å². The second-order valence-corrected chi connectivity index (χ2v) is 8.65. The Morgan fingerprint density at radius 1 is 1.23 bits per heavy atom. The van der Waals surface area contributed by atoms with Crippen molar-refractivity contribution < 1.29 is 9.59 Å². The lowest BCUT2D eigenvalue weighted by Crippen LogP contribution is -2.53. The van der Waals surface area contributed by atoms with E-state index in [1.54, 1.807) is 6.20 Å². The highest BCUT2D eigenvalue weighted by molar-refractivity contribution is 7.15. The summed E-state index contributed by atoms with van der Waals surface area (Å²) in [7, 11) is 0. The number of hydrogen-bond donors (Lipinski definition) is 1. The first-order valence-corrected chi connectivity index (χ1v) is 10.7. The first kappa shape index (κ1) is 19.1. The van der Waals surface area contributed by atoms with E-state index < -0.39 is 0 Å². The molecule has 1 aromatic rings. The Morgan fingerprint density at radius 2 is 1.88 bits per heavy atom. The van der Waals surface area contributed by atoms with Crippen molar-refractivity contribution in [1.82, 2.24) is 14.8 Å². The summed E-state index contributed by atoms with van der Waals surface area (Å²) in [6.07, 6.45) is 9.60. The summed E-state index contributed by atoms with van der Waals surface area (Å²) < 4.78 is 0. The number of anilines is 1. The van der Waals surface area contributed by atoms with E-state index in [-0.39, 0.29) is 18.0 Å². The number of carbonyl (C=O) groups excluding carboxylic acids is 2. The first-order valence-electron chi connectivity index (χ1n) is 9.88. The number of urea groups is 1. The summed E-state index contributed by atoms with van der Waals surface area (Å²) in [5.74, 6) is 0.251. The average molecular weight is 379 g/mol. The molecule has 0 atom stereocenters. The van der Waals surface area contributed by atoms with Crippen LogP contribution in [-0.2, 0) is 4.79 Å². The van der Waals surface area contributed by atoms with Gasteiger partial charge in [0.1, 0.15) is 0 Å². The summed E-state index contributed by atoms with van der Waals surface area (Å²) in [4.78, 5) is 34.6. The van der Waals surface area contributed by atoms with E-state index in [1.165, 1.54) is 24.2 Å². The van der Waals surface area contributed by atoms with Crippen LogP contribution in [0, 0.1) is 6.92 Å². The summed E-state index contributed by atoms with van der Waals surface area (Å²) in [6, 6.07) is 0.508. The van der Waals surface area contributed by atoms with Gasteiger partial charge in [0.05, 0.1) is 0 Å². The molecule has 0 aromatic carbocycles. The highest BCUT2D eigenvalue weighted by Gasteiger charge is 2.35. The minimum atomic E-state index is -0.0235. The molecule has 6 nitrogen and oxygen atoms in total. The van der Waals surface area contributed by atoms with Crippen LogP contribution in [0.2, 0.25) is 0 Å². The standard InChI is InChI=1S/C19H30N4O2S/c1-3-6-17(24)22-11-9-16(10-12-22)23(15-7-4-5-8-15)19(25)21-18-20-13-14(2)26-18/h13,15-16H,3-12H2,1-2H3,(H,20,21,25). The molecular formula is C19H30N4O2S. The lowest BCUT2D eigenvalue weighted by Gasteiger charge is -2.41. The second-order valence-electron chi connectivity index (χ2n) is 7.41. The van der Waals surface area contributed by atoms with Gasteiger partial charge in [0.25, 0.3) is 0 Å². The van der Waals surface area contributed by atoms with Gasteiger partial charge in [-0.2, -0.15) is 0 Å². The molecule has 3 rings (SSSR count). The molecule has 1 aliphatic heterocycles. The van der Waals surface area contributed by atoms with Gasteiger partial charge < -0.3 is 9.80 Å². The number of aromatic nitrogens is 1. The number of thiazole rings is 1. The molecular weight excluding hydrogens is 348 g/mol. The van der Waals surface area contributed by atoms with Crippen molar-refractivity contribution >= 4 is 28.4 Å². The number of carbonyl (C=O) groups is 2. The monoisotopic (exact) mass is 378 g/mol. The predicted molar refractivity (Wildman–Crippen MR) is 104 cm³/mol. The van der Waals surface area contributed by atoms with Gasteiger partial charge in [-0.25, -0.2) is 9.78 Å². The van der Waals surface area contributed by atoms with Crippen LogP contribution in [0.5, 0.6) is 0 Å². The fourth-order valence-electron chi connectivity index (χ4n) is 4.15. The molecule has 1 aliphatic carbocycles. The van der Waals surface area contributed by atoms with Gasteiger partial charge in [0.2, 0.25) is 5.91 Å². The Hall–Kier alpha value is -1.63. The number of likely N-dealkylation sites (tertiary alicyclic amines) is 1. The molecule has 2 fully saturated rings. The summed E-state index contributed by atoms with van der Waals surface area (Å²) in [6.45, 7) is 5.55. The number of rotatable bonds is 5. The summed E-state index contributed by atoms with van der Waals surface area (Å²) in [5.41, 5.74) is 0. The molecule has 0 bridgehead atoms. The molecule has 2 heterocycles. The fourth-order valence-corrected chi connectivity index (χ4v) is 4.80. The van der Waals surface area contributed by atoms with E-state index in [0.29, 0.717) is 17.6 Å². The number of nitrogens with one attached hydrogen (secondary N) is 1. The molecule has 0 spiro atoms. The smallest absolute Gasteiger partial charge is 0.324 e. The van der Waals surface area contributed by atoms with Crippen LogP contribution < -0.4 is 5.32 Å². The van der Waals surface area contributed by atoms with Crippen molar-refractivity contribution in [2.75, 3.05) is 18.4 Å². The molecule has 0 radical (unpaired) electrons. The molecule has 3 amide bonds. The van der Waals surface area contributed by atoms with E-state index in [9.17, 15) is 9.59 Å². The Kier molecular flexibility index (Phi) is 6.51. The molecule has 1 saturated carbocycles. The van der Waals surface area contributed by atoms with Crippen molar-refractivity contribution in [1.29, 1.82) is 0 Å². The van der Waals surface area contributed by atoms with Gasteiger partial charge in [0.15, 0.2) is 5.13 Å². The van der Waals surface area contributed by atoms with Gasteiger partial charge in [-0.15, -0.1) is 11.3 Å². The number of nitrogens with zero attached hydrogens (tertiary/aromatic N) is 3. The van der Waals surface area contributed by atoms with Gasteiger partial charge in [-0.1, -0.05) is 19.8 Å². The van der Waals surface area contributed by atoms with Crippen LogP contribution in [0.25, 0.3) is 0 Å². The highest BCUT2D eigenvalue weighted by Crippen LogP contribution is 2.30. The highest BCUT2D eigenvalue weighted by atomic mass is 32.1. The topological polar surface area (TPSA) is 65.5 Å². The largest absolute Gasteiger partial charge is 0.343 e. The number of amides is 3. The average Bonchev–Trinajstić information content (AvgIpc) is 3.28. The second kappa shape index (κ2) is 8.84. The molecule has 1 aromatic heterocycles. The molecule has 0 unspecified atom stereocenters. The van der Waals surface area contributed by atoms with Crippen molar-refractivity contribution in [3.05, 3.63) is 11.1 Å². The lowest BCUT2D eigenvalue weighted by atomic mass is 10.0. The van der Waals surface area contributed by atoms with Crippen LogP contribution in [0.1, 0.15) is 63.2 Å². The Morgan fingerprint density at radius 3 is 2.46 bits per heavy atom. The van der Waals surface area contributed by atoms with E-state index in [4.69, 9.17) is 0 Å². The number of piperidine rings is 1. The zero-order chi connectivity index (χ0) is 18.5. The molecule has 7 heteroatoms. The fraction of sp³-hybridized carbons (Fsp3) is 0.737. The predicted octanol–water partition coefficient (Wildman–Crippen LogP) is 4.02. The van der Waals surface area contributed by atoms with Gasteiger partial charge in [0, 0.05) is 42.7 Å². The molecule has 26 heavy (non-hydrogen) atoms. The first-order chi connectivity index (χ1) is 12.6. The van der Waals surface area contributed by atoms with Crippen molar-refractivity contribution in [3.63, 3.8) is 0 Å². The summed E-state index contributed by atoms with van der Waals surface area (Å²) in [5, 5.41) is 3.68. The molecule has 1 N–H and O–H groups in total. The Labute approximate surface area is 160 Å². The maximum Gasteiger partial charge on any atom is 0.324 e. The third-order valence-corrected chi connectivity index (χ3v) is 6.29. The van der Waals surface area contributed by atoms with E-state index in [2.05, 4.69) is 15.2 Å².